The van der Waals surface area contributed by atoms with E-state index in [0.29, 0.717) is 19.3 Å². The molecule has 1 atom stereocenters. The number of ether oxygens (including phenoxy) is 3. The molecule has 0 aliphatic rings. The smallest absolute Gasteiger partial charge is 0.306 e. The highest BCUT2D eigenvalue weighted by molar-refractivity contribution is 5.71. The summed E-state index contributed by atoms with van der Waals surface area (Å²) >= 11 is 0. The molecular weight excluding hydrogens is 865 g/mol. The van der Waals surface area contributed by atoms with Gasteiger partial charge in [-0.1, -0.05) is 287 Å². The molecule has 0 aromatic carbocycles. The first-order valence-corrected chi connectivity index (χ1v) is 30.3. The van der Waals surface area contributed by atoms with Crippen molar-refractivity contribution in [1.29, 1.82) is 0 Å². The first-order chi connectivity index (χ1) is 34.5. The quantitative estimate of drug-likeness (QED) is 0.0261. The van der Waals surface area contributed by atoms with E-state index in [2.05, 4.69) is 81.5 Å². The first kappa shape index (κ1) is 67.1. The fourth-order valence-electron chi connectivity index (χ4n) is 8.77. The Morgan fingerprint density at radius 2 is 0.557 bits per heavy atom. The van der Waals surface area contributed by atoms with Crippen molar-refractivity contribution in [3.8, 4) is 0 Å². The summed E-state index contributed by atoms with van der Waals surface area (Å²) in [6.45, 7) is 6.51. The lowest BCUT2D eigenvalue weighted by Crippen LogP contribution is -2.30. The van der Waals surface area contributed by atoms with Crippen molar-refractivity contribution in [2.45, 2.75) is 316 Å². The first-order valence-electron chi connectivity index (χ1n) is 30.3. The van der Waals surface area contributed by atoms with Gasteiger partial charge in [0.15, 0.2) is 6.10 Å². The topological polar surface area (TPSA) is 78.9 Å². The molecule has 0 saturated heterocycles. The number of carbonyl (C=O) groups excluding carboxylic acids is 3. The van der Waals surface area contributed by atoms with Crippen molar-refractivity contribution in [3.05, 3.63) is 60.8 Å². The van der Waals surface area contributed by atoms with E-state index in [9.17, 15) is 14.4 Å². The average molecular weight is 980 g/mol. The number of hydrogen-bond acceptors (Lipinski definition) is 6. The second kappa shape index (κ2) is 58.7. The predicted octanol–water partition coefficient (Wildman–Crippen LogP) is 20.4. The van der Waals surface area contributed by atoms with Crippen LogP contribution >= 0.6 is 0 Å². The van der Waals surface area contributed by atoms with E-state index in [1.165, 1.54) is 180 Å². The van der Waals surface area contributed by atoms with Crippen molar-refractivity contribution in [2.24, 2.45) is 0 Å². The molecule has 0 aromatic heterocycles. The van der Waals surface area contributed by atoms with Gasteiger partial charge in [0.1, 0.15) is 13.2 Å². The molecule has 0 saturated carbocycles. The Balaban J connectivity index is 4.02. The van der Waals surface area contributed by atoms with Gasteiger partial charge in [-0.2, -0.15) is 0 Å². The molecule has 0 heterocycles. The van der Waals surface area contributed by atoms with E-state index in [4.69, 9.17) is 14.2 Å². The molecule has 70 heavy (non-hydrogen) atoms. The highest BCUT2D eigenvalue weighted by Gasteiger charge is 2.19. The molecule has 0 spiro atoms. The summed E-state index contributed by atoms with van der Waals surface area (Å²) in [5.74, 6) is -0.861. The minimum atomic E-state index is -0.766. The predicted molar refractivity (Wildman–Crippen MR) is 302 cm³/mol. The zero-order chi connectivity index (χ0) is 50.7. The van der Waals surface area contributed by atoms with Gasteiger partial charge < -0.3 is 14.2 Å². The molecule has 6 heteroatoms. The van der Waals surface area contributed by atoms with Crippen LogP contribution in [0.5, 0.6) is 0 Å². The van der Waals surface area contributed by atoms with E-state index in [0.717, 1.165) is 89.9 Å². The molecule has 0 rings (SSSR count). The molecule has 0 bridgehead atoms. The summed E-state index contributed by atoms with van der Waals surface area (Å²) in [5, 5.41) is 0. The van der Waals surface area contributed by atoms with Gasteiger partial charge in [-0.25, -0.2) is 0 Å². The summed E-state index contributed by atoms with van der Waals surface area (Å²) in [6.07, 6.45) is 73.9. The molecular formula is C64H114O6. The highest BCUT2D eigenvalue weighted by atomic mass is 16.6. The molecule has 1 unspecified atom stereocenters. The van der Waals surface area contributed by atoms with E-state index >= 15 is 0 Å². The van der Waals surface area contributed by atoms with Gasteiger partial charge in [0, 0.05) is 19.3 Å². The Morgan fingerprint density at radius 3 is 0.871 bits per heavy atom. The summed E-state index contributed by atoms with van der Waals surface area (Å²) < 4.78 is 16.8. The molecule has 0 amide bonds. The van der Waals surface area contributed by atoms with E-state index < -0.39 is 6.10 Å². The van der Waals surface area contributed by atoms with Crippen molar-refractivity contribution in [1.82, 2.24) is 0 Å². The van der Waals surface area contributed by atoms with Gasteiger partial charge in [-0.15, -0.1) is 0 Å². The van der Waals surface area contributed by atoms with Crippen molar-refractivity contribution < 1.29 is 28.6 Å². The van der Waals surface area contributed by atoms with Crippen LogP contribution < -0.4 is 0 Å². The largest absolute Gasteiger partial charge is 0.462 e. The van der Waals surface area contributed by atoms with Crippen LogP contribution in [0.15, 0.2) is 60.8 Å². The zero-order valence-electron chi connectivity index (χ0n) is 46.5. The SMILES string of the molecule is CC/C=C\C/C=C\C/C=C\C/C=C\C/C=C\CCCCCCCCCCCCCCCCCC(=O)OCC(COC(=O)CCCCCCCCC)OC(=O)CCCCCCCCCCCCCCCC. The molecule has 406 valence electrons. The van der Waals surface area contributed by atoms with Crippen LogP contribution in [0, 0.1) is 0 Å². The summed E-state index contributed by atoms with van der Waals surface area (Å²) in [7, 11) is 0. The van der Waals surface area contributed by atoms with E-state index in [-0.39, 0.29) is 31.1 Å². The second-order valence-corrected chi connectivity index (χ2v) is 20.2. The fraction of sp³-hybridized carbons (Fsp3) is 0.797. The van der Waals surface area contributed by atoms with Crippen LogP contribution in [0.25, 0.3) is 0 Å². The number of rotatable bonds is 55. The minimum Gasteiger partial charge on any atom is -0.462 e. The molecule has 6 nitrogen and oxygen atoms in total. The molecule has 0 N–H and O–H groups in total. The lowest BCUT2D eigenvalue weighted by molar-refractivity contribution is -0.167. The monoisotopic (exact) mass is 979 g/mol. The normalized spacial score (nSPS) is 12.4. The Bertz CT molecular complexity index is 1260. The maximum Gasteiger partial charge on any atom is 0.306 e. The van der Waals surface area contributed by atoms with Crippen LogP contribution in [0.3, 0.4) is 0 Å². The molecule has 0 aliphatic carbocycles. The Morgan fingerprint density at radius 1 is 0.300 bits per heavy atom. The number of allylic oxidation sites excluding steroid dienone is 10. The van der Waals surface area contributed by atoms with Crippen molar-refractivity contribution >= 4 is 17.9 Å². The number of carbonyl (C=O) groups is 3. The fourth-order valence-corrected chi connectivity index (χ4v) is 8.77. The molecule has 0 aromatic rings. The van der Waals surface area contributed by atoms with Crippen molar-refractivity contribution in [2.75, 3.05) is 13.2 Å². The van der Waals surface area contributed by atoms with Gasteiger partial charge in [0.05, 0.1) is 0 Å². The summed E-state index contributed by atoms with van der Waals surface area (Å²) in [5.41, 5.74) is 0. The van der Waals surface area contributed by atoms with Gasteiger partial charge >= 0.3 is 17.9 Å². The van der Waals surface area contributed by atoms with Gasteiger partial charge in [0.25, 0.3) is 0 Å². The maximum atomic E-state index is 12.8. The van der Waals surface area contributed by atoms with Crippen LogP contribution in [0.1, 0.15) is 310 Å². The van der Waals surface area contributed by atoms with Gasteiger partial charge in [-0.05, 0) is 64.2 Å². The van der Waals surface area contributed by atoms with Crippen LogP contribution in [0.4, 0.5) is 0 Å². The summed E-state index contributed by atoms with van der Waals surface area (Å²) in [4.78, 5) is 37.9. The third kappa shape index (κ3) is 56.0. The van der Waals surface area contributed by atoms with Gasteiger partial charge in [-0.3, -0.25) is 14.4 Å². The Kier molecular flexibility index (Phi) is 56.3. The molecule has 0 fully saturated rings. The lowest BCUT2D eigenvalue weighted by Gasteiger charge is -2.18. The number of hydrogen-bond donors (Lipinski definition) is 0. The van der Waals surface area contributed by atoms with Crippen LogP contribution in [-0.4, -0.2) is 37.2 Å². The Hall–Kier alpha value is -2.89. The summed E-state index contributed by atoms with van der Waals surface area (Å²) in [6, 6.07) is 0. The van der Waals surface area contributed by atoms with Crippen LogP contribution in [0.2, 0.25) is 0 Å². The number of unbranched alkanes of at least 4 members (excludes halogenated alkanes) is 34. The second-order valence-electron chi connectivity index (χ2n) is 20.2. The van der Waals surface area contributed by atoms with Crippen molar-refractivity contribution in [3.63, 3.8) is 0 Å². The third-order valence-electron chi connectivity index (χ3n) is 13.3. The maximum absolute atomic E-state index is 12.8. The minimum absolute atomic E-state index is 0.0689. The third-order valence-corrected chi connectivity index (χ3v) is 13.3. The lowest BCUT2D eigenvalue weighted by atomic mass is 10.0. The Labute approximate surface area is 434 Å². The van der Waals surface area contributed by atoms with Crippen LogP contribution in [-0.2, 0) is 28.6 Å². The number of esters is 3. The average Bonchev–Trinajstić information content (AvgIpc) is 3.36. The standard InChI is InChI=1S/C64H114O6/c1-4-7-10-13-16-18-20-22-24-25-26-27-28-29-30-31-32-33-34-35-36-37-38-39-40-42-43-45-48-51-54-57-63(66)69-60-61(59-68-62(65)56-53-50-47-15-12-9-6-3)70-64(67)58-55-52-49-46-44-41-23-21-19-17-14-11-8-5-2/h7,10,16,18,22,24,26-27,29-30,61H,4-6,8-9,11-15,17,19-21,23,25,28,31-60H2,1-3H3/b10-7-,18-16-,24-22-,27-26-,30-29-. The van der Waals surface area contributed by atoms with E-state index in [1.807, 2.05) is 0 Å². The van der Waals surface area contributed by atoms with Gasteiger partial charge in [0.2, 0.25) is 0 Å². The highest BCUT2D eigenvalue weighted by Crippen LogP contribution is 2.17. The molecule has 0 radical (unpaired) electrons. The molecule has 0 aliphatic heterocycles. The van der Waals surface area contributed by atoms with E-state index in [1.54, 1.807) is 0 Å². The zero-order valence-corrected chi connectivity index (χ0v) is 46.5.